The molecule has 14 heavy (non-hydrogen) atoms. The second kappa shape index (κ2) is 3.26. The van der Waals surface area contributed by atoms with Crippen LogP contribution in [0, 0.1) is 0 Å². The average molecular weight is 212 g/mol. The molecule has 0 bridgehead atoms. The van der Waals surface area contributed by atoms with E-state index in [1.165, 1.54) is 0 Å². The lowest BCUT2D eigenvalue weighted by molar-refractivity contribution is -0.141. The van der Waals surface area contributed by atoms with Gasteiger partial charge in [0.1, 0.15) is 5.41 Å². The predicted octanol–water partition coefficient (Wildman–Crippen LogP) is 1.09. The van der Waals surface area contributed by atoms with Crippen LogP contribution in [0.5, 0.6) is 0 Å². The molecule has 0 spiro atoms. The summed E-state index contributed by atoms with van der Waals surface area (Å²) in [6.45, 7) is 0.651. The number of carbonyl (C=O) groups excluding carboxylic acids is 1. The topological polar surface area (TPSA) is 52.3 Å². The fraction of sp³-hybridized carbons (Fsp3) is 0.300. The van der Waals surface area contributed by atoms with Crippen molar-refractivity contribution in [2.45, 2.75) is 5.41 Å². The van der Waals surface area contributed by atoms with Crippen molar-refractivity contribution in [3.8, 4) is 0 Å². The lowest BCUT2D eigenvalue weighted by Gasteiger charge is -2.39. The smallest absolute Gasteiger partial charge is 0.232 e. The molecule has 0 atom stereocenters. The molecule has 4 heteroatoms. The van der Waals surface area contributed by atoms with Gasteiger partial charge in [-0.2, -0.15) is 0 Å². The number of nitrogens with two attached hydrogens (primary N) is 1. The van der Waals surface area contributed by atoms with Gasteiger partial charge in [0.15, 0.2) is 0 Å². The van der Waals surface area contributed by atoms with Crippen LogP contribution in [0.3, 0.4) is 0 Å². The van der Waals surface area contributed by atoms with E-state index in [2.05, 4.69) is 0 Å². The largest absolute Gasteiger partial charge is 0.378 e. The first kappa shape index (κ1) is 9.49. The minimum atomic E-state index is -0.710. The molecule has 1 aromatic carbocycles. The Morgan fingerprint density at radius 1 is 1.43 bits per heavy atom. The maximum atomic E-state index is 11.3. The van der Waals surface area contributed by atoms with Gasteiger partial charge in [0.2, 0.25) is 5.91 Å². The number of benzene rings is 1. The molecule has 2 N–H and O–H groups in total. The normalized spacial score (nSPS) is 18.6. The molecule has 1 aliphatic rings. The minimum Gasteiger partial charge on any atom is -0.378 e. The van der Waals surface area contributed by atoms with Crippen LogP contribution in [0.2, 0.25) is 5.02 Å². The van der Waals surface area contributed by atoms with Crippen molar-refractivity contribution >= 4 is 17.5 Å². The highest BCUT2D eigenvalue weighted by atomic mass is 35.5. The lowest BCUT2D eigenvalue weighted by Crippen LogP contribution is -2.56. The number of ether oxygens (including phenoxy) is 1. The molecule has 0 radical (unpaired) electrons. The van der Waals surface area contributed by atoms with Crippen LogP contribution in [0.4, 0.5) is 0 Å². The van der Waals surface area contributed by atoms with Crippen LogP contribution < -0.4 is 5.73 Å². The van der Waals surface area contributed by atoms with Gasteiger partial charge >= 0.3 is 0 Å². The highest BCUT2D eigenvalue weighted by molar-refractivity contribution is 6.31. The number of halogens is 1. The monoisotopic (exact) mass is 211 g/mol. The van der Waals surface area contributed by atoms with Crippen molar-refractivity contribution in [2.24, 2.45) is 5.73 Å². The van der Waals surface area contributed by atoms with Gasteiger partial charge in [-0.05, 0) is 11.6 Å². The molecule has 0 saturated carbocycles. The average Bonchev–Trinajstić information content (AvgIpc) is 2.05. The fourth-order valence-corrected chi connectivity index (χ4v) is 1.90. The Morgan fingerprint density at radius 2 is 2.07 bits per heavy atom. The molecule has 1 aliphatic heterocycles. The predicted molar refractivity (Wildman–Crippen MR) is 53.1 cm³/mol. The fourth-order valence-electron chi connectivity index (χ4n) is 1.59. The second-order valence-corrected chi connectivity index (χ2v) is 3.83. The Hall–Kier alpha value is -1.06. The summed E-state index contributed by atoms with van der Waals surface area (Å²) >= 11 is 6.00. The first-order valence-electron chi connectivity index (χ1n) is 4.29. The van der Waals surface area contributed by atoms with Gasteiger partial charge in [-0.25, -0.2) is 0 Å². The summed E-state index contributed by atoms with van der Waals surface area (Å²) in [6.07, 6.45) is 0. The van der Waals surface area contributed by atoms with Gasteiger partial charge in [0, 0.05) is 5.02 Å². The van der Waals surface area contributed by atoms with Crippen LogP contribution in [0.1, 0.15) is 5.56 Å². The summed E-state index contributed by atoms with van der Waals surface area (Å²) in [6, 6.07) is 7.22. The molecule has 1 saturated heterocycles. The summed E-state index contributed by atoms with van der Waals surface area (Å²) in [5.41, 5.74) is 5.41. The maximum Gasteiger partial charge on any atom is 0.232 e. The van der Waals surface area contributed by atoms with E-state index in [-0.39, 0.29) is 5.91 Å². The Balaban J connectivity index is 2.47. The standard InChI is InChI=1S/C10H10ClNO2/c11-8-4-2-1-3-7(8)10(9(12)13)5-14-6-10/h1-4H,5-6H2,(H2,12,13). The van der Waals surface area contributed by atoms with E-state index in [1.807, 2.05) is 18.2 Å². The van der Waals surface area contributed by atoms with Crippen molar-refractivity contribution in [3.63, 3.8) is 0 Å². The van der Waals surface area contributed by atoms with Crippen LogP contribution >= 0.6 is 11.6 Å². The number of hydrogen-bond acceptors (Lipinski definition) is 2. The van der Waals surface area contributed by atoms with Gasteiger partial charge < -0.3 is 10.5 Å². The Labute approximate surface area is 86.8 Å². The van der Waals surface area contributed by atoms with Crippen LogP contribution in [0.15, 0.2) is 24.3 Å². The molecule has 1 heterocycles. The Kier molecular flexibility index (Phi) is 2.21. The number of amides is 1. The van der Waals surface area contributed by atoms with E-state index < -0.39 is 5.41 Å². The van der Waals surface area contributed by atoms with E-state index in [1.54, 1.807) is 6.07 Å². The molecule has 3 nitrogen and oxygen atoms in total. The van der Waals surface area contributed by atoms with Crippen molar-refractivity contribution in [1.29, 1.82) is 0 Å². The lowest BCUT2D eigenvalue weighted by atomic mass is 9.78. The highest BCUT2D eigenvalue weighted by Crippen LogP contribution is 2.36. The van der Waals surface area contributed by atoms with Gasteiger partial charge in [-0.1, -0.05) is 29.8 Å². The first-order valence-corrected chi connectivity index (χ1v) is 4.67. The van der Waals surface area contributed by atoms with E-state index in [0.717, 1.165) is 5.56 Å². The molecular formula is C10H10ClNO2. The molecule has 74 valence electrons. The summed E-state index contributed by atoms with van der Waals surface area (Å²) in [5, 5.41) is 0.564. The molecule has 0 unspecified atom stereocenters. The quantitative estimate of drug-likeness (QED) is 0.796. The molecule has 0 aliphatic carbocycles. The van der Waals surface area contributed by atoms with Gasteiger partial charge in [-0.15, -0.1) is 0 Å². The van der Waals surface area contributed by atoms with Crippen LogP contribution in [-0.2, 0) is 14.9 Å². The molecule has 0 aromatic heterocycles. The SMILES string of the molecule is NC(=O)C1(c2ccccc2Cl)COC1. The van der Waals surface area contributed by atoms with Crippen LogP contribution in [-0.4, -0.2) is 19.1 Å². The van der Waals surface area contributed by atoms with E-state index >= 15 is 0 Å². The van der Waals surface area contributed by atoms with Crippen molar-refractivity contribution in [3.05, 3.63) is 34.9 Å². The zero-order valence-electron chi connectivity index (χ0n) is 7.50. The summed E-state index contributed by atoms with van der Waals surface area (Å²) in [7, 11) is 0. The van der Waals surface area contributed by atoms with E-state index in [0.29, 0.717) is 18.2 Å². The Morgan fingerprint density at radius 3 is 2.50 bits per heavy atom. The van der Waals surface area contributed by atoms with E-state index in [9.17, 15) is 4.79 Å². The van der Waals surface area contributed by atoms with Gasteiger partial charge in [0.25, 0.3) is 0 Å². The first-order chi connectivity index (χ1) is 6.67. The molecule has 1 fully saturated rings. The number of carbonyl (C=O) groups is 1. The Bertz CT molecular complexity index is 374. The molecule has 2 rings (SSSR count). The molecular weight excluding hydrogens is 202 g/mol. The van der Waals surface area contributed by atoms with Crippen LogP contribution in [0.25, 0.3) is 0 Å². The third-order valence-electron chi connectivity index (χ3n) is 2.56. The minimum absolute atomic E-state index is 0.325. The van der Waals surface area contributed by atoms with Crippen molar-refractivity contribution in [2.75, 3.05) is 13.2 Å². The highest BCUT2D eigenvalue weighted by Gasteiger charge is 2.47. The van der Waals surface area contributed by atoms with Gasteiger partial charge in [0.05, 0.1) is 13.2 Å². The summed E-state index contributed by atoms with van der Waals surface area (Å²) in [4.78, 5) is 11.3. The number of hydrogen-bond donors (Lipinski definition) is 1. The van der Waals surface area contributed by atoms with E-state index in [4.69, 9.17) is 22.1 Å². The second-order valence-electron chi connectivity index (χ2n) is 3.42. The van der Waals surface area contributed by atoms with Gasteiger partial charge in [-0.3, -0.25) is 4.79 Å². The third kappa shape index (κ3) is 1.21. The van der Waals surface area contributed by atoms with Crippen molar-refractivity contribution in [1.82, 2.24) is 0 Å². The number of primary amides is 1. The zero-order valence-corrected chi connectivity index (χ0v) is 8.25. The summed E-state index contributed by atoms with van der Waals surface area (Å²) < 4.78 is 5.05. The summed E-state index contributed by atoms with van der Waals surface area (Å²) in [5.74, 6) is -0.378. The van der Waals surface area contributed by atoms with Crippen molar-refractivity contribution < 1.29 is 9.53 Å². The number of rotatable bonds is 2. The zero-order chi connectivity index (χ0) is 10.2. The molecule has 1 amide bonds. The molecule has 1 aromatic rings. The third-order valence-corrected chi connectivity index (χ3v) is 2.89. The maximum absolute atomic E-state index is 11.3.